The van der Waals surface area contributed by atoms with Gasteiger partial charge in [0, 0.05) is 31.1 Å². The van der Waals surface area contributed by atoms with Crippen LogP contribution in [0, 0.1) is 0 Å². The minimum atomic E-state index is -0.548. The van der Waals surface area contributed by atoms with Crippen molar-refractivity contribution in [3.63, 3.8) is 0 Å². The van der Waals surface area contributed by atoms with Gasteiger partial charge in [0.1, 0.15) is 11.4 Å². The van der Waals surface area contributed by atoms with Gasteiger partial charge in [-0.15, -0.1) is 0 Å². The number of hydrogen-bond donors (Lipinski definition) is 1. The molecule has 2 rings (SSSR count). The number of rotatable bonds is 3. The molecule has 8 nitrogen and oxygen atoms in total. The summed E-state index contributed by atoms with van der Waals surface area (Å²) in [5.74, 6) is -0.127. The molecule has 25 heavy (non-hydrogen) atoms. The van der Waals surface area contributed by atoms with E-state index < -0.39 is 11.6 Å². The number of aromatic nitrogens is 2. The molecule has 0 spiro atoms. The predicted octanol–water partition coefficient (Wildman–Crippen LogP) is 2.39. The van der Waals surface area contributed by atoms with Crippen LogP contribution in [0.15, 0.2) is 0 Å². The second kappa shape index (κ2) is 7.33. The second-order valence-electron chi connectivity index (χ2n) is 7.22. The molecule has 1 aliphatic heterocycles. The number of carbonyl (C=O) groups excluding carboxylic acids is 2. The van der Waals surface area contributed by atoms with Gasteiger partial charge in [0.05, 0.1) is 7.11 Å². The summed E-state index contributed by atoms with van der Waals surface area (Å²) >= 11 is 0. The number of methoxy groups -OCH3 is 1. The third-order valence-electron chi connectivity index (χ3n) is 4.19. The molecule has 0 saturated carbocycles. The number of amides is 1. The van der Waals surface area contributed by atoms with Crippen molar-refractivity contribution in [1.29, 1.82) is 0 Å². The summed E-state index contributed by atoms with van der Waals surface area (Å²) in [5.41, 5.74) is 6.57. The lowest BCUT2D eigenvalue weighted by Crippen LogP contribution is -2.42. The van der Waals surface area contributed by atoms with E-state index in [0.29, 0.717) is 31.0 Å². The number of anilines is 1. The normalized spacial score (nSPS) is 18.1. The minimum Gasteiger partial charge on any atom is -0.464 e. The van der Waals surface area contributed by atoms with Crippen molar-refractivity contribution in [2.75, 3.05) is 25.9 Å². The largest absolute Gasteiger partial charge is 0.464 e. The molecule has 1 aromatic heterocycles. The molecule has 0 aromatic carbocycles. The van der Waals surface area contributed by atoms with Crippen molar-refractivity contribution >= 4 is 17.9 Å². The first-order valence-electron chi connectivity index (χ1n) is 8.60. The molecular weight excluding hydrogens is 324 g/mol. The van der Waals surface area contributed by atoms with E-state index >= 15 is 0 Å². The van der Waals surface area contributed by atoms with Gasteiger partial charge >= 0.3 is 12.1 Å². The van der Waals surface area contributed by atoms with Crippen molar-refractivity contribution in [3.8, 4) is 0 Å². The Morgan fingerprint density at radius 1 is 1.36 bits per heavy atom. The van der Waals surface area contributed by atoms with Crippen molar-refractivity contribution in [2.45, 2.75) is 58.6 Å². The number of hydrogen-bond acceptors (Lipinski definition) is 6. The van der Waals surface area contributed by atoms with Crippen LogP contribution in [0.2, 0.25) is 0 Å². The second-order valence-corrected chi connectivity index (χ2v) is 7.22. The van der Waals surface area contributed by atoms with Crippen LogP contribution in [0.5, 0.6) is 0 Å². The van der Waals surface area contributed by atoms with Crippen LogP contribution in [0.4, 0.5) is 10.6 Å². The summed E-state index contributed by atoms with van der Waals surface area (Å²) in [6, 6.07) is 0. The van der Waals surface area contributed by atoms with Gasteiger partial charge in [-0.3, -0.25) is 0 Å². The lowest BCUT2D eigenvalue weighted by Gasteiger charge is -2.34. The minimum absolute atomic E-state index is 0.0735. The fraction of sp³-hybridized carbons (Fsp3) is 0.706. The Labute approximate surface area is 148 Å². The van der Waals surface area contributed by atoms with Crippen LogP contribution in [0.3, 0.4) is 0 Å². The molecule has 2 heterocycles. The number of aryl methyl sites for hydroxylation is 1. The fourth-order valence-corrected chi connectivity index (χ4v) is 3.08. The standard InChI is InChI=1S/C17H28N4O4/c1-6-21-14(18)12(13(19-21)15(22)24-5)11-8-7-9-20(10-11)16(23)25-17(2,3)4/h11H,6-10,18H2,1-5H3. The van der Waals surface area contributed by atoms with Gasteiger partial charge in [-0.05, 0) is 40.5 Å². The maximum Gasteiger partial charge on any atom is 0.410 e. The zero-order chi connectivity index (χ0) is 18.8. The number of nitrogens with zero attached hydrogens (tertiary/aromatic N) is 3. The summed E-state index contributed by atoms with van der Waals surface area (Å²) in [7, 11) is 1.32. The summed E-state index contributed by atoms with van der Waals surface area (Å²) in [6.45, 7) is 9.04. The topological polar surface area (TPSA) is 99.7 Å². The monoisotopic (exact) mass is 352 g/mol. The van der Waals surface area contributed by atoms with E-state index in [4.69, 9.17) is 15.2 Å². The van der Waals surface area contributed by atoms with Crippen LogP contribution in [0.25, 0.3) is 0 Å². The predicted molar refractivity (Wildman–Crippen MR) is 93.4 cm³/mol. The molecule has 1 saturated heterocycles. The average Bonchev–Trinajstić information content (AvgIpc) is 2.89. The van der Waals surface area contributed by atoms with Crippen molar-refractivity contribution in [3.05, 3.63) is 11.3 Å². The molecule has 1 unspecified atom stereocenters. The average molecular weight is 352 g/mol. The van der Waals surface area contributed by atoms with Gasteiger partial charge < -0.3 is 20.1 Å². The number of carbonyl (C=O) groups is 2. The van der Waals surface area contributed by atoms with Crippen LogP contribution in [-0.4, -0.2) is 52.5 Å². The zero-order valence-corrected chi connectivity index (χ0v) is 15.7. The highest BCUT2D eigenvalue weighted by molar-refractivity contribution is 5.90. The number of likely N-dealkylation sites (tertiary alicyclic amines) is 1. The van der Waals surface area contributed by atoms with Crippen LogP contribution in [0.1, 0.15) is 62.5 Å². The molecule has 1 atom stereocenters. The fourth-order valence-electron chi connectivity index (χ4n) is 3.08. The van der Waals surface area contributed by atoms with Crippen molar-refractivity contribution < 1.29 is 19.1 Å². The third-order valence-corrected chi connectivity index (χ3v) is 4.19. The third kappa shape index (κ3) is 4.24. The van der Waals surface area contributed by atoms with Crippen LogP contribution < -0.4 is 5.73 Å². The maximum atomic E-state index is 12.4. The zero-order valence-electron chi connectivity index (χ0n) is 15.7. The van der Waals surface area contributed by atoms with Crippen molar-refractivity contribution in [1.82, 2.24) is 14.7 Å². The van der Waals surface area contributed by atoms with E-state index in [0.717, 1.165) is 12.8 Å². The number of esters is 1. The van der Waals surface area contributed by atoms with E-state index in [2.05, 4.69) is 5.10 Å². The van der Waals surface area contributed by atoms with Crippen LogP contribution >= 0.6 is 0 Å². The van der Waals surface area contributed by atoms with Gasteiger partial charge in [0.25, 0.3) is 0 Å². The van der Waals surface area contributed by atoms with E-state index in [-0.39, 0.29) is 17.7 Å². The highest BCUT2D eigenvalue weighted by Crippen LogP contribution is 2.34. The van der Waals surface area contributed by atoms with Gasteiger partial charge in [0.15, 0.2) is 5.69 Å². The van der Waals surface area contributed by atoms with Gasteiger partial charge in [-0.25, -0.2) is 14.3 Å². The SMILES string of the molecule is CCn1nc(C(=O)OC)c(C2CCCN(C(=O)OC(C)(C)C)C2)c1N. The Bertz CT molecular complexity index is 648. The Hall–Kier alpha value is -2.25. The van der Waals surface area contributed by atoms with E-state index in [1.165, 1.54) is 7.11 Å². The Morgan fingerprint density at radius 2 is 2.04 bits per heavy atom. The van der Waals surface area contributed by atoms with Crippen LogP contribution in [-0.2, 0) is 16.0 Å². The molecule has 1 amide bonds. The summed E-state index contributed by atoms with van der Waals surface area (Å²) in [6.07, 6.45) is 1.28. The van der Waals surface area contributed by atoms with E-state index in [9.17, 15) is 9.59 Å². The number of piperidine rings is 1. The molecule has 2 N–H and O–H groups in total. The summed E-state index contributed by atoms with van der Waals surface area (Å²) in [5, 5.41) is 4.29. The van der Waals surface area contributed by atoms with Gasteiger partial charge in [-0.1, -0.05) is 0 Å². The smallest absolute Gasteiger partial charge is 0.410 e. The number of nitrogen functional groups attached to an aromatic ring is 1. The first kappa shape index (κ1) is 19.1. The molecule has 0 bridgehead atoms. The van der Waals surface area contributed by atoms with Gasteiger partial charge in [0.2, 0.25) is 0 Å². The summed E-state index contributed by atoms with van der Waals surface area (Å²) in [4.78, 5) is 26.1. The lowest BCUT2D eigenvalue weighted by molar-refractivity contribution is 0.0198. The Kier molecular flexibility index (Phi) is 5.59. The number of nitrogens with two attached hydrogens (primary N) is 1. The lowest BCUT2D eigenvalue weighted by atomic mass is 9.90. The van der Waals surface area contributed by atoms with Crippen molar-refractivity contribution in [2.24, 2.45) is 0 Å². The molecule has 1 fully saturated rings. The Morgan fingerprint density at radius 3 is 2.60 bits per heavy atom. The first-order chi connectivity index (χ1) is 11.7. The Balaban J connectivity index is 2.28. The molecule has 0 aliphatic carbocycles. The van der Waals surface area contributed by atoms with E-state index in [1.807, 2.05) is 27.7 Å². The van der Waals surface area contributed by atoms with E-state index in [1.54, 1.807) is 9.58 Å². The quantitative estimate of drug-likeness (QED) is 0.839. The number of ether oxygens (including phenoxy) is 2. The molecule has 8 heteroatoms. The molecule has 140 valence electrons. The van der Waals surface area contributed by atoms with Gasteiger partial charge in [-0.2, -0.15) is 5.10 Å². The molecule has 1 aliphatic rings. The summed E-state index contributed by atoms with van der Waals surface area (Å²) < 4.78 is 11.9. The molecule has 0 radical (unpaired) electrons. The molecular formula is C17H28N4O4. The molecule has 1 aromatic rings. The highest BCUT2D eigenvalue weighted by atomic mass is 16.6. The highest BCUT2D eigenvalue weighted by Gasteiger charge is 2.34. The first-order valence-corrected chi connectivity index (χ1v) is 8.60. The maximum absolute atomic E-state index is 12.4.